The standard InChI is InChI=1S/C11H13N3O3S/c1-5-9(18-7(3)12-5)11(17)14-4-8(15)13-10(16)6(14)2/h6H,4H2,1-3H3,(H,13,15,16). The maximum absolute atomic E-state index is 12.3. The van der Waals surface area contributed by atoms with Crippen LogP contribution in [0.25, 0.3) is 0 Å². The Morgan fingerprint density at radius 3 is 2.67 bits per heavy atom. The third-order valence-electron chi connectivity index (χ3n) is 2.78. The second-order valence-electron chi connectivity index (χ2n) is 4.17. The Labute approximate surface area is 108 Å². The fraction of sp³-hybridized carbons (Fsp3) is 0.455. The Hall–Kier alpha value is -1.76. The van der Waals surface area contributed by atoms with Crippen molar-refractivity contribution in [2.75, 3.05) is 6.54 Å². The molecule has 0 radical (unpaired) electrons. The average molecular weight is 267 g/mol. The van der Waals surface area contributed by atoms with Crippen LogP contribution < -0.4 is 5.32 Å². The van der Waals surface area contributed by atoms with E-state index in [1.54, 1.807) is 13.8 Å². The monoisotopic (exact) mass is 267 g/mol. The molecule has 18 heavy (non-hydrogen) atoms. The van der Waals surface area contributed by atoms with E-state index in [0.717, 1.165) is 5.01 Å². The molecule has 1 N–H and O–H groups in total. The van der Waals surface area contributed by atoms with Crippen LogP contribution in [0.15, 0.2) is 0 Å². The summed E-state index contributed by atoms with van der Waals surface area (Å²) in [6, 6.07) is -0.642. The number of aryl methyl sites for hydroxylation is 2. The van der Waals surface area contributed by atoms with Gasteiger partial charge in [0.15, 0.2) is 0 Å². The molecule has 0 bridgehead atoms. The lowest BCUT2D eigenvalue weighted by molar-refractivity contribution is -0.138. The number of aromatic nitrogens is 1. The van der Waals surface area contributed by atoms with Crippen molar-refractivity contribution >= 4 is 29.1 Å². The first-order chi connectivity index (χ1) is 8.40. The van der Waals surface area contributed by atoms with E-state index >= 15 is 0 Å². The highest BCUT2D eigenvalue weighted by molar-refractivity contribution is 7.13. The first-order valence-electron chi connectivity index (χ1n) is 5.49. The smallest absolute Gasteiger partial charge is 0.267 e. The van der Waals surface area contributed by atoms with Crippen molar-refractivity contribution in [3.8, 4) is 0 Å². The third-order valence-corrected chi connectivity index (χ3v) is 3.84. The van der Waals surface area contributed by atoms with Crippen molar-refractivity contribution < 1.29 is 14.4 Å². The zero-order chi connectivity index (χ0) is 13.4. The molecule has 2 rings (SSSR count). The molecule has 6 nitrogen and oxygen atoms in total. The molecule has 3 amide bonds. The first kappa shape index (κ1) is 12.7. The van der Waals surface area contributed by atoms with Gasteiger partial charge in [-0.05, 0) is 20.8 Å². The minimum absolute atomic E-state index is 0.0951. The van der Waals surface area contributed by atoms with Crippen LogP contribution in [-0.2, 0) is 9.59 Å². The van der Waals surface area contributed by atoms with E-state index in [1.165, 1.54) is 16.2 Å². The summed E-state index contributed by atoms with van der Waals surface area (Å²) < 4.78 is 0. The van der Waals surface area contributed by atoms with E-state index in [1.807, 2.05) is 6.92 Å². The highest BCUT2D eigenvalue weighted by atomic mass is 32.1. The maximum atomic E-state index is 12.3. The van der Waals surface area contributed by atoms with E-state index in [-0.39, 0.29) is 12.5 Å². The van der Waals surface area contributed by atoms with Gasteiger partial charge < -0.3 is 4.90 Å². The van der Waals surface area contributed by atoms with E-state index < -0.39 is 17.9 Å². The Morgan fingerprint density at radius 1 is 1.44 bits per heavy atom. The number of hydrogen-bond acceptors (Lipinski definition) is 5. The summed E-state index contributed by atoms with van der Waals surface area (Å²) >= 11 is 1.28. The second-order valence-corrected chi connectivity index (χ2v) is 5.37. The first-order valence-corrected chi connectivity index (χ1v) is 6.30. The predicted octanol–water partition coefficient (Wildman–Crippen LogP) is 0.247. The number of nitrogens with zero attached hydrogens (tertiary/aromatic N) is 2. The molecule has 0 aromatic carbocycles. The molecule has 1 aromatic heterocycles. The van der Waals surface area contributed by atoms with Gasteiger partial charge in [0.1, 0.15) is 17.5 Å². The summed E-state index contributed by atoms with van der Waals surface area (Å²) in [4.78, 5) is 41.1. The fourth-order valence-electron chi connectivity index (χ4n) is 1.82. The summed E-state index contributed by atoms with van der Waals surface area (Å²) in [5, 5.41) is 2.99. The van der Waals surface area contributed by atoms with Crippen molar-refractivity contribution in [2.45, 2.75) is 26.8 Å². The number of nitrogens with one attached hydrogen (secondary N) is 1. The van der Waals surface area contributed by atoms with Crippen LogP contribution in [0.1, 0.15) is 27.3 Å². The molecule has 1 fully saturated rings. The van der Waals surface area contributed by atoms with Crippen LogP contribution in [0.5, 0.6) is 0 Å². The summed E-state index contributed by atoms with van der Waals surface area (Å²) in [7, 11) is 0. The summed E-state index contributed by atoms with van der Waals surface area (Å²) in [5.41, 5.74) is 0.633. The van der Waals surface area contributed by atoms with Gasteiger partial charge in [0.25, 0.3) is 5.91 Å². The molecule has 0 aliphatic carbocycles. The fourth-order valence-corrected chi connectivity index (χ4v) is 2.70. The summed E-state index contributed by atoms with van der Waals surface area (Å²) in [6.07, 6.45) is 0. The lowest BCUT2D eigenvalue weighted by Gasteiger charge is -2.31. The molecule has 7 heteroatoms. The normalized spacial score (nSPS) is 19.9. The molecule has 96 valence electrons. The van der Waals surface area contributed by atoms with Gasteiger partial charge in [0.05, 0.1) is 10.7 Å². The minimum atomic E-state index is -0.642. The number of rotatable bonds is 1. The van der Waals surface area contributed by atoms with Gasteiger partial charge in [-0.2, -0.15) is 0 Å². The van der Waals surface area contributed by atoms with Crippen molar-refractivity contribution in [1.29, 1.82) is 0 Å². The van der Waals surface area contributed by atoms with Crippen molar-refractivity contribution in [3.05, 3.63) is 15.6 Å². The number of hydrogen-bond donors (Lipinski definition) is 1. The lowest BCUT2D eigenvalue weighted by atomic mass is 10.2. The Balaban J connectivity index is 2.30. The van der Waals surface area contributed by atoms with Crippen molar-refractivity contribution in [1.82, 2.24) is 15.2 Å². The van der Waals surface area contributed by atoms with E-state index in [2.05, 4.69) is 10.3 Å². The number of amides is 3. The zero-order valence-electron chi connectivity index (χ0n) is 10.3. The number of piperazine rings is 1. The third kappa shape index (κ3) is 2.13. The van der Waals surface area contributed by atoms with Crippen molar-refractivity contribution in [3.63, 3.8) is 0 Å². The van der Waals surface area contributed by atoms with Gasteiger partial charge in [-0.1, -0.05) is 0 Å². The number of imide groups is 1. The molecule has 1 aliphatic heterocycles. The van der Waals surface area contributed by atoms with Crippen LogP contribution in [0, 0.1) is 13.8 Å². The molecular weight excluding hydrogens is 254 g/mol. The SMILES string of the molecule is Cc1nc(C)c(C(=O)N2CC(=O)NC(=O)C2C)s1. The molecular formula is C11H13N3O3S. The van der Waals surface area contributed by atoms with Crippen LogP contribution in [0.2, 0.25) is 0 Å². The molecule has 0 spiro atoms. The lowest BCUT2D eigenvalue weighted by Crippen LogP contribution is -2.58. The van der Waals surface area contributed by atoms with Crippen LogP contribution >= 0.6 is 11.3 Å². The van der Waals surface area contributed by atoms with Gasteiger partial charge in [-0.25, -0.2) is 4.98 Å². The molecule has 1 atom stereocenters. The largest absolute Gasteiger partial charge is 0.317 e. The van der Waals surface area contributed by atoms with Gasteiger partial charge >= 0.3 is 0 Å². The summed E-state index contributed by atoms with van der Waals surface area (Å²) in [5.74, 6) is -1.21. The topological polar surface area (TPSA) is 79.4 Å². The Bertz CT molecular complexity index is 538. The van der Waals surface area contributed by atoms with E-state index in [9.17, 15) is 14.4 Å². The summed E-state index contributed by atoms with van der Waals surface area (Å²) in [6.45, 7) is 5.06. The molecule has 0 saturated carbocycles. The van der Waals surface area contributed by atoms with Crippen molar-refractivity contribution in [2.24, 2.45) is 0 Å². The van der Waals surface area contributed by atoms with Crippen LogP contribution in [0.4, 0.5) is 0 Å². The number of carbonyl (C=O) groups is 3. The molecule has 1 aromatic rings. The molecule has 1 saturated heterocycles. The highest BCUT2D eigenvalue weighted by Crippen LogP contribution is 2.21. The molecule has 1 unspecified atom stereocenters. The van der Waals surface area contributed by atoms with Gasteiger partial charge in [0.2, 0.25) is 11.8 Å². The maximum Gasteiger partial charge on any atom is 0.267 e. The second kappa shape index (κ2) is 4.49. The minimum Gasteiger partial charge on any atom is -0.317 e. The zero-order valence-corrected chi connectivity index (χ0v) is 11.1. The number of carbonyl (C=O) groups excluding carboxylic acids is 3. The van der Waals surface area contributed by atoms with Crippen LogP contribution in [0.3, 0.4) is 0 Å². The van der Waals surface area contributed by atoms with Gasteiger partial charge in [0, 0.05) is 0 Å². The predicted molar refractivity (Wildman–Crippen MR) is 65.2 cm³/mol. The van der Waals surface area contributed by atoms with E-state index in [0.29, 0.717) is 10.6 Å². The quantitative estimate of drug-likeness (QED) is 0.740. The Kier molecular flexibility index (Phi) is 3.16. The molecule has 1 aliphatic rings. The Morgan fingerprint density at radius 2 is 2.11 bits per heavy atom. The van der Waals surface area contributed by atoms with Crippen LogP contribution in [-0.4, -0.2) is 40.2 Å². The molecule has 2 heterocycles. The van der Waals surface area contributed by atoms with Gasteiger partial charge in [-0.15, -0.1) is 11.3 Å². The van der Waals surface area contributed by atoms with E-state index in [4.69, 9.17) is 0 Å². The number of thiazole rings is 1. The van der Waals surface area contributed by atoms with Gasteiger partial charge in [-0.3, -0.25) is 19.7 Å². The average Bonchev–Trinajstić information content (AvgIpc) is 2.62. The highest BCUT2D eigenvalue weighted by Gasteiger charge is 2.35.